The third-order valence-corrected chi connectivity index (χ3v) is 6.90. The normalized spacial score (nSPS) is 10.9. The Morgan fingerprint density at radius 1 is 1.00 bits per heavy atom. The Hall–Kier alpha value is -2.39. The van der Waals surface area contributed by atoms with Gasteiger partial charge in [-0.2, -0.15) is 5.10 Å². The summed E-state index contributed by atoms with van der Waals surface area (Å²) >= 11 is 18.8. The van der Waals surface area contributed by atoms with Crippen LogP contribution in [0.4, 0.5) is 5.69 Å². The fraction of sp³-hybridized carbons (Fsp3) is 0.192. The molecule has 10 heteroatoms. The molecule has 0 heterocycles. The summed E-state index contributed by atoms with van der Waals surface area (Å²) in [6.07, 6.45) is 4.77. The molecule has 0 aliphatic carbocycles. The van der Waals surface area contributed by atoms with Crippen molar-refractivity contribution >= 4 is 78.8 Å². The summed E-state index contributed by atoms with van der Waals surface area (Å²) < 4.78 is 6.88. The van der Waals surface area contributed by atoms with Crippen LogP contribution in [-0.2, 0) is 11.2 Å². The first-order chi connectivity index (χ1) is 17.3. The third kappa shape index (κ3) is 8.34. The zero-order valence-electron chi connectivity index (χ0n) is 19.3. The van der Waals surface area contributed by atoms with Crippen molar-refractivity contribution in [3.05, 3.63) is 90.3 Å². The molecule has 188 valence electrons. The average Bonchev–Trinajstić information content (AvgIpc) is 2.84. The number of anilines is 1. The van der Waals surface area contributed by atoms with Gasteiger partial charge in [0, 0.05) is 11.3 Å². The maximum Gasteiger partial charge on any atom is 0.271 e. The molecular weight excluding hydrogens is 633 g/mol. The number of ether oxygens (including phenoxy) is 1. The van der Waals surface area contributed by atoms with Crippen molar-refractivity contribution in [1.29, 1.82) is 0 Å². The summed E-state index contributed by atoms with van der Waals surface area (Å²) in [5.41, 5.74) is 5.50. The van der Waals surface area contributed by atoms with Crippen LogP contribution in [0.15, 0.2) is 68.6 Å². The Labute approximate surface area is 236 Å². The van der Waals surface area contributed by atoms with Gasteiger partial charge in [-0.1, -0.05) is 48.7 Å². The van der Waals surface area contributed by atoms with Crippen LogP contribution >= 0.6 is 55.1 Å². The van der Waals surface area contributed by atoms with E-state index in [1.165, 1.54) is 11.8 Å². The number of hydrogen-bond donors (Lipinski definition) is 2. The molecule has 3 aromatic carbocycles. The van der Waals surface area contributed by atoms with E-state index in [2.05, 4.69) is 54.6 Å². The zero-order chi connectivity index (χ0) is 26.1. The van der Waals surface area contributed by atoms with E-state index < -0.39 is 0 Å². The number of halogens is 4. The Morgan fingerprint density at radius 3 is 2.33 bits per heavy atom. The van der Waals surface area contributed by atoms with Gasteiger partial charge >= 0.3 is 0 Å². The lowest BCUT2D eigenvalue weighted by Gasteiger charge is -2.12. The predicted octanol–water partition coefficient (Wildman–Crippen LogP) is 7.64. The van der Waals surface area contributed by atoms with Crippen molar-refractivity contribution in [2.45, 2.75) is 26.2 Å². The van der Waals surface area contributed by atoms with E-state index in [-0.39, 0.29) is 18.4 Å². The van der Waals surface area contributed by atoms with Crippen LogP contribution < -0.4 is 15.5 Å². The number of carbonyl (C=O) groups is 2. The van der Waals surface area contributed by atoms with Crippen molar-refractivity contribution < 1.29 is 14.3 Å². The number of rotatable bonds is 10. The summed E-state index contributed by atoms with van der Waals surface area (Å²) in [5.74, 6) is -0.207. The molecule has 0 aliphatic rings. The maximum absolute atomic E-state index is 12.3. The van der Waals surface area contributed by atoms with Crippen LogP contribution in [0.2, 0.25) is 10.0 Å². The summed E-state index contributed by atoms with van der Waals surface area (Å²) in [6, 6.07) is 15.8. The second kappa shape index (κ2) is 13.8. The number of hydrogen-bond acceptors (Lipinski definition) is 4. The van der Waals surface area contributed by atoms with E-state index in [0.717, 1.165) is 19.3 Å². The Morgan fingerprint density at radius 2 is 1.69 bits per heavy atom. The fourth-order valence-corrected chi connectivity index (χ4v) is 4.88. The zero-order valence-corrected chi connectivity index (χ0v) is 24.0. The van der Waals surface area contributed by atoms with Crippen LogP contribution in [0.1, 0.15) is 41.3 Å². The lowest BCUT2D eigenvalue weighted by molar-refractivity contribution is -0.118. The molecular formula is C26H23Br2Cl2N3O3. The number of amides is 2. The van der Waals surface area contributed by atoms with Crippen LogP contribution in [-0.4, -0.2) is 24.6 Å². The predicted molar refractivity (Wildman–Crippen MR) is 153 cm³/mol. The van der Waals surface area contributed by atoms with Gasteiger partial charge in [0.1, 0.15) is 5.75 Å². The Balaban J connectivity index is 1.55. The average molecular weight is 656 g/mol. The molecule has 0 aromatic heterocycles. The van der Waals surface area contributed by atoms with E-state index in [4.69, 9.17) is 27.9 Å². The monoisotopic (exact) mass is 653 g/mol. The van der Waals surface area contributed by atoms with Gasteiger partial charge in [0.2, 0.25) is 0 Å². The number of benzene rings is 3. The van der Waals surface area contributed by atoms with E-state index in [9.17, 15) is 9.59 Å². The smallest absolute Gasteiger partial charge is 0.271 e. The molecule has 0 radical (unpaired) electrons. The largest absolute Gasteiger partial charge is 0.481 e. The topological polar surface area (TPSA) is 79.8 Å². The Kier molecular flexibility index (Phi) is 10.8. The molecule has 0 atom stereocenters. The fourth-order valence-electron chi connectivity index (χ4n) is 3.13. The van der Waals surface area contributed by atoms with E-state index >= 15 is 0 Å². The molecule has 0 aliphatic heterocycles. The molecule has 2 N–H and O–H groups in total. The molecule has 6 nitrogen and oxygen atoms in total. The van der Waals surface area contributed by atoms with Crippen molar-refractivity contribution in [3.63, 3.8) is 0 Å². The van der Waals surface area contributed by atoms with Gasteiger partial charge in [0.25, 0.3) is 11.8 Å². The first-order valence-electron chi connectivity index (χ1n) is 11.1. The molecule has 0 spiro atoms. The van der Waals surface area contributed by atoms with Gasteiger partial charge in [-0.05, 0) is 98.3 Å². The molecule has 0 fully saturated rings. The minimum absolute atomic E-state index is 0.224. The van der Waals surface area contributed by atoms with Crippen molar-refractivity contribution in [2.24, 2.45) is 5.10 Å². The molecule has 3 rings (SSSR count). The molecule has 0 saturated heterocycles. The van der Waals surface area contributed by atoms with Crippen molar-refractivity contribution in [3.8, 4) is 5.75 Å². The van der Waals surface area contributed by atoms with Crippen molar-refractivity contribution in [2.75, 3.05) is 11.9 Å². The summed E-state index contributed by atoms with van der Waals surface area (Å²) in [6.45, 7) is 1.93. The van der Waals surface area contributed by atoms with Gasteiger partial charge in [0.05, 0.1) is 25.2 Å². The maximum atomic E-state index is 12.3. The number of hydrazone groups is 1. The number of unbranched alkanes of at least 4 members (excludes halogenated alkanes) is 1. The summed E-state index contributed by atoms with van der Waals surface area (Å²) in [5, 5.41) is 7.48. The number of carbonyl (C=O) groups excluding carboxylic acids is 2. The first kappa shape index (κ1) is 28.2. The quantitative estimate of drug-likeness (QED) is 0.174. The lowest BCUT2D eigenvalue weighted by Crippen LogP contribution is -2.20. The van der Waals surface area contributed by atoms with Gasteiger partial charge in [0.15, 0.2) is 6.61 Å². The number of aryl methyl sites for hydroxylation is 1. The Bertz CT molecular complexity index is 1240. The van der Waals surface area contributed by atoms with Gasteiger partial charge < -0.3 is 10.1 Å². The van der Waals surface area contributed by atoms with E-state index in [1.54, 1.807) is 42.5 Å². The summed E-state index contributed by atoms with van der Waals surface area (Å²) in [4.78, 5) is 24.6. The number of nitrogens with one attached hydrogen (secondary N) is 2. The highest BCUT2D eigenvalue weighted by atomic mass is 79.9. The highest BCUT2D eigenvalue weighted by molar-refractivity contribution is 9.11. The van der Waals surface area contributed by atoms with Crippen LogP contribution in [0, 0.1) is 0 Å². The van der Waals surface area contributed by atoms with Crippen molar-refractivity contribution in [1.82, 2.24) is 5.43 Å². The minimum Gasteiger partial charge on any atom is -0.481 e. The third-order valence-electron chi connectivity index (χ3n) is 4.99. The van der Waals surface area contributed by atoms with Gasteiger partial charge in [-0.15, -0.1) is 0 Å². The second-order valence-corrected chi connectivity index (χ2v) is 10.3. The molecule has 0 saturated carbocycles. The van der Waals surface area contributed by atoms with Gasteiger partial charge in [-0.25, -0.2) is 5.43 Å². The van der Waals surface area contributed by atoms with E-state index in [1.807, 2.05) is 12.1 Å². The highest BCUT2D eigenvalue weighted by Crippen LogP contribution is 2.34. The first-order valence-corrected chi connectivity index (χ1v) is 13.4. The molecule has 0 unspecified atom stereocenters. The van der Waals surface area contributed by atoms with E-state index in [0.29, 0.717) is 41.6 Å². The molecule has 2 amide bonds. The molecule has 0 bridgehead atoms. The highest BCUT2D eigenvalue weighted by Gasteiger charge is 2.12. The molecule has 3 aromatic rings. The number of nitrogens with zero attached hydrogens (tertiary/aromatic N) is 1. The van der Waals surface area contributed by atoms with Gasteiger partial charge in [-0.3, -0.25) is 9.59 Å². The lowest BCUT2D eigenvalue weighted by atomic mass is 10.1. The SMILES string of the molecule is CCCCc1ccc(C(=O)N/N=C/c2cc(Br)c(OCC(=O)Nc3ccc(Cl)c(Cl)c3)c(Br)c2)cc1. The minimum atomic E-state index is -0.362. The van der Waals surface area contributed by atoms with Crippen LogP contribution in [0.5, 0.6) is 5.75 Å². The molecule has 36 heavy (non-hydrogen) atoms. The van der Waals surface area contributed by atoms with Crippen LogP contribution in [0.3, 0.4) is 0 Å². The standard InChI is InChI=1S/C26H23Br2Cl2N3O3/c1-2-3-4-16-5-7-18(8-6-16)26(35)33-31-14-17-11-20(27)25(21(28)12-17)36-15-24(34)32-19-9-10-22(29)23(30)13-19/h5-14H,2-4,15H2,1H3,(H,32,34)(H,33,35)/b31-14+. The second-order valence-electron chi connectivity index (χ2n) is 7.78. The summed E-state index contributed by atoms with van der Waals surface area (Å²) in [7, 11) is 0. The van der Waals surface area contributed by atoms with Crippen LogP contribution in [0.25, 0.3) is 0 Å².